The number of aliphatic imine (C=N–C) groups is 1. The van der Waals surface area contributed by atoms with Gasteiger partial charge in [0.25, 0.3) is 5.56 Å². The van der Waals surface area contributed by atoms with Gasteiger partial charge in [0.1, 0.15) is 0 Å². The number of carbonyl (C=O) groups excluding carboxylic acids is 1. The number of esters is 1. The predicted molar refractivity (Wildman–Crippen MR) is 158 cm³/mol. The highest BCUT2D eigenvalue weighted by Gasteiger charge is 2.37. The van der Waals surface area contributed by atoms with Crippen LogP contribution < -0.4 is 5.56 Å². The van der Waals surface area contributed by atoms with Crippen LogP contribution in [0, 0.1) is 13.8 Å². The van der Waals surface area contributed by atoms with E-state index in [0.717, 1.165) is 22.3 Å². The standard InChI is InChI=1S/C34H31N3O3/c1-23-15-13-14-22-28(23)30(29-24(2)36-37(33(29)38)27-20-11-6-12-21-27)32(34(39)40-3)35-31(25-16-7-4-8-17-25)26-18-9-5-10-19-26/h4-22,30,32,36H,1-3H3/t30-,32+/m1/s1. The van der Waals surface area contributed by atoms with Crippen LogP contribution in [0.2, 0.25) is 0 Å². The largest absolute Gasteiger partial charge is 0.467 e. The van der Waals surface area contributed by atoms with Crippen LogP contribution in [-0.4, -0.2) is 34.6 Å². The number of carbonyl (C=O) groups is 1. The fourth-order valence-electron chi connectivity index (χ4n) is 5.13. The van der Waals surface area contributed by atoms with Crippen molar-refractivity contribution in [1.29, 1.82) is 0 Å². The lowest BCUT2D eigenvalue weighted by Crippen LogP contribution is -2.34. The Kier molecular flexibility index (Phi) is 7.87. The molecule has 4 aromatic carbocycles. The first-order valence-corrected chi connectivity index (χ1v) is 13.2. The second kappa shape index (κ2) is 11.8. The topological polar surface area (TPSA) is 76.4 Å². The molecule has 0 fully saturated rings. The Morgan fingerprint density at radius 2 is 1.30 bits per heavy atom. The third-order valence-electron chi connectivity index (χ3n) is 7.09. The second-order valence-corrected chi connectivity index (χ2v) is 9.64. The van der Waals surface area contributed by atoms with Gasteiger partial charge in [-0.3, -0.25) is 14.9 Å². The summed E-state index contributed by atoms with van der Waals surface area (Å²) in [6, 6.07) is 35.6. The lowest BCUT2D eigenvalue weighted by atomic mass is 9.82. The first-order valence-electron chi connectivity index (χ1n) is 13.2. The number of aromatic amines is 1. The Labute approximate surface area is 233 Å². The van der Waals surface area contributed by atoms with Gasteiger partial charge in [0.2, 0.25) is 0 Å². The van der Waals surface area contributed by atoms with E-state index in [1.165, 1.54) is 11.8 Å². The van der Waals surface area contributed by atoms with Crippen molar-refractivity contribution in [2.24, 2.45) is 4.99 Å². The smallest absolute Gasteiger partial charge is 0.331 e. The molecule has 0 aliphatic carbocycles. The van der Waals surface area contributed by atoms with Crippen LogP contribution in [0.15, 0.2) is 125 Å². The van der Waals surface area contributed by atoms with Gasteiger partial charge in [-0.15, -0.1) is 0 Å². The number of aryl methyl sites for hydroxylation is 2. The van der Waals surface area contributed by atoms with Crippen molar-refractivity contribution in [1.82, 2.24) is 9.78 Å². The van der Waals surface area contributed by atoms with Gasteiger partial charge < -0.3 is 4.74 Å². The van der Waals surface area contributed by atoms with E-state index in [9.17, 15) is 9.59 Å². The first-order chi connectivity index (χ1) is 19.5. The van der Waals surface area contributed by atoms with Crippen molar-refractivity contribution in [3.05, 3.63) is 159 Å². The van der Waals surface area contributed by atoms with Crippen LogP contribution in [0.1, 0.15) is 39.4 Å². The number of benzene rings is 4. The zero-order chi connectivity index (χ0) is 28.1. The summed E-state index contributed by atoms with van der Waals surface area (Å²) in [7, 11) is 1.36. The number of hydrogen-bond acceptors (Lipinski definition) is 4. The molecule has 1 heterocycles. The highest BCUT2D eigenvalue weighted by Crippen LogP contribution is 2.34. The molecule has 0 saturated heterocycles. The number of methoxy groups -OCH3 is 1. The Hall–Kier alpha value is -4.97. The Morgan fingerprint density at radius 3 is 1.85 bits per heavy atom. The van der Waals surface area contributed by atoms with E-state index < -0.39 is 17.9 Å². The lowest BCUT2D eigenvalue weighted by molar-refractivity contribution is -0.142. The van der Waals surface area contributed by atoms with E-state index in [1.54, 1.807) is 0 Å². The first kappa shape index (κ1) is 26.6. The summed E-state index contributed by atoms with van der Waals surface area (Å²) in [5.74, 6) is -1.23. The molecule has 2 atom stereocenters. The Morgan fingerprint density at radius 1 is 0.775 bits per heavy atom. The molecule has 1 N–H and O–H groups in total. The fourth-order valence-corrected chi connectivity index (χ4v) is 5.13. The average molecular weight is 530 g/mol. The minimum absolute atomic E-state index is 0.234. The van der Waals surface area contributed by atoms with E-state index in [1.807, 2.05) is 129 Å². The van der Waals surface area contributed by atoms with Gasteiger partial charge in [-0.1, -0.05) is 103 Å². The number of H-pyrrole nitrogens is 1. The molecule has 5 aromatic rings. The summed E-state index contributed by atoms with van der Waals surface area (Å²) in [4.78, 5) is 32.9. The van der Waals surface area contributed by atoms with E-state index in [4.69, 9.17) is 9.73 Å². The SMILES string of the molecule is COC(=O)[C@@H](N=C(c1ccccc1)c1ccccc1)[C@H](c1ccccc1C)c1c(C)[nH]n(-c2ccccc2)c1=O. The number of aromatic nitrogens is 2. The molecule has 0 saturated carbocycles. The molecule has 0 unspecified atom stereocenters. The van der Waals surface area contributed by atoms with Crippen LogP contribution in [0.5, 0.6) is 0 Å². The quantitative estimate of drug-likeness (QED) is 0.198. The van der Waals surface area contributed by atoms with Crippen LogP contribution in [0.4, 0.5) is 0 Å². The summed E-state index contributed by atoms with van der Waals surface area (Å²) < 4.78 is 6.87. The molecule has 1 aromatic heterocycles. The lowest BCUT2D eigenvalue weighted by Gasteiger charge is -2.25. The van der Waals surface area contributed by atoms with E-state index in [2.05, 4.69) is 5.10 Å². The van der Waals surface area contributed by atoms with Gasteiger partial charge in [-0.25, -0.2) is 9.48 Å². The zero-order valence-electron chi connectivity index (χ0n) is 22.7. The minimum Gasteiger partial charge on any atom is -0.467 e. The van der Waals surface area contributed by atoms with Crippen molar-refractivity contribution >= 4 is 11.7 Å². The van der Waals surface area contributed by atoms with Crippen molar-refractivity contribution < 1.29 is 9.53 Å². The molecule has 0 spiro atoms. The summed E-state index contributed by atoms with van der Waals surface area (Å²) in [5.41, 5.74) is 5.75. The highest BCUT2D eigenvalue weighted by molar-refractivity contribution is 6.13. The Balaban J connectivity index is 1.79. The monoisotopic (exact) mass is 529 g/mol. The molecule has 0 aliphatic rings. The van der Waals surface area contributed by atoms with E-state index in [0.29, 0.717) is 22.7 Å². The highest BCUT2D eigenvalue weighted by atomic mass is 16.5. The summed E-state index contributed by atoms with van der Waals surface area (Å²) in [6.07, 6.45) is 0. The molecule has 6 nitrogen and oxygen atoms in total. The summed E-state index contributed by atoms with van der Waals surface area (Å²) in [6.45, 7) is 3.84. The van der Waals surface area contributed by atoms with Gasteiger partial charge in [-0.2, -0.15) is 0 Å². The third kappa shape index (κ3) is 5.29. The maximum absolute atomic E-state index is 14.1. The van der Waals surface area contributed by atoms with Gasteiger partial charge in [0, 0.05) is 28.3 Å². The number of rotatable bonds is 8. The average Bonchev–Trinajstić information content (AvgIpc) is 3.30. The predicted octanol–water partition coefficient (Wildman–Crippen LogP) is 5.99. The molecule has 40 heavy (non-hydrogen) atoms. The minimum atomic E-state index is -1.03. The number of para-hydroxylation sites is 1. The van der Waals surface area contributed by atoms with Crippen molar-refractivity contribution in [3.63, 3.8) is 0 Å². The third-order valence-corrected chi connectivity index (χ3v) is 7.09. The maximum Gasteiger partial charge on any atom is 0.331 e. The molecular weight excluding hydrogens is 498 g/mol. The number of hydrogen-bond donors (Lipinski definition) is 1. The van der Waals surface area contributed by atoms with E-state index in [-0.39, 0.29) is 5.56 Å². The normalized spacial score (nSPS) is 12.4. The zero-order valence-corrected chi connectivity index (χ0v) is 22.7. The van der Waals surface area contributed by atoms with Crippen molar-refractivity contribution in [2.75, 3.05) is 7.11 Å². The molecule has 0 bridgehead atoms. The maximum atomic E-state index is 14.1. The molecule has 5 rings (SSSR count). The van der Waals surface area contributed by atoms with Gasteiger partial charge in [0.15, 0.2) is 6.04 Å². The Bertz CT molecular complexity index is 1650. The number of nitrogens with zero attached hydrogens (tertiary/aromatic N) is 2. The van der Waals surface area contributed by atoms with Gasteiger partial charge >= 0.3 is 5.97 Å². The molecule has 0 amide bonds. The number of nitrogens with one attached hydrogen (secondary N) is 1. The summed E-state index contributed by atoms with van der Waals surface area (Å²) in [5, 5.41) is 3.23. The molecular formula is C34H31N3O3. The molecule has 0 aliphatic heterocycles. The van der Waals surface area contributed by atoms with Crippen molar-refractivity contribution in [2.45, 2.75) is 25.8 Å². The van der Waals surface area contributed by atoms with E-state index >= 15 is 0 Å². The number of ether oxygens (including phenoxy) is 1. The second-order valence-electron chi connectivity index (χ2n) is 9.64. The van der Waals surface area contributed by atoms with Gasteiger partial charge in [0.05, 0.1) is 18.5 Å². The van der Waals surface area contributed by atoms with Crippen LogP contribution in [0.25, 0.3) is 5.69 Å². The van der Waals surface area contributed by atoms with Crippen LogP contribution >= 0.6 is 0 Å². The fraction of sp³-hybridized carbons (Fsp3) is 0.147. The molecule has 0 radical (unpaired) electrons. The van der Waals surface area contributed by atoms with Crippen molar-refractivity contribution in [3.8, 4) is 5.69 Å². The van der Waals surface area contributed by atoms with Crippen LogP contribution in [0.3, 0.4) is 0 Å². The summed E-state index contributed by atoms with van der Waals surface area (Å²) >= 11 is 0. The van der Waals surface area contributed by atoms with Gasteiger partial charge in [-0.05, 0) is 37.1 Å². The molecule has 200 valence electrons. The molecule has 6 heteroatoms. The van der Waals surface area contributed by atoms with Crippen LogP contribution in [-0.2, 0) is 9.53 Å².